The zero-order valence-corrected chi connectivity index (χ0v) is 12.9. The minimum Gasteiger partial charge on any atom is -0.324 e. The second-order valence-electron chi connectivity index (χ2n) is 5.47. The number of para-hydroxylation sites is 1. The van der Waals surface area contributed by atoms with Gasteiger partial charge in [0.05, 0.1) is 11.2 Å². The van der Waals surface area contributed by atoms with Gasteiger partial charge in [-0.2, -0.15) is 0 Å². The molecule has 0 aliphatic rings. The standard InChI is InChI=1S/C20H15N3O/c24-20(16-8-10-17(11-9-16)23-13-1-2-14-23)22-18-7-3-5-15-6-4-12-21-19(15)18/h1-14H,(H,22,24). The van der Waals surface area contributed by atoms with Crippen molar-refractivity contribution < 1.29 is 4.79 Å². The molecule has 0 aliphatic heterocycles. The molecule has 4 heteroatoms. The van der Waals surface area contributed by atoms with Gasteiger partial charge in [0.25, 0.3) is 5.91 Å². The van der Waals surface area contributed by atoms with E-state index in [4.69, 9.17) is 0 Å². The number of hydrogen-bond acceptors (Lipinski definition) is 2. The van der Waals surface area contributed by atoms with Crippen LogP contribution in [-0.4, -0.2) is 15.5 Å². The van der Waals surface area contributed by atoms with Crippen molar-refractivity contribution in [1.29, 1.82) is 0 Å². The Morgan fingerprint density at radius 1 is 0.875 bits per heavy atom. The smallest absolute Gasteiger partial charge is 0.255 e. The zero-order chi connectivity index (χ0) is 16.4. The molecule has 4 nitrogen and oxygen atoms in total. The Labute approximate surface area is 139 Å². The fourth-order valence-corrected chi connectivity index (χ4v) is 2.69. The fraction of sp³-hybridized carbons (Fsp3) is 0. The molecular weight excluding hydrogens is 298 g/mol. The molecule has 0 spiro atoms. The van der Waals surface area contributed by atoms with Crippen LogP contribution in [0.15, 0.2) is 85.3 Å². The highest BCUT2D eigenvalue weighted by Gasteiger charge is 2.09. The lowest BCUT2D eigenvalue weighted by Gasteiger charge is -2.09. The van der Waals surface area contributed by atoms with Crippen LogP contribution in [0.2, 0.25) is 0 Å². The van der Waals surface area contributed by atoms with Crippen molar-refractivity contribution in [3.63, 3.8) is 0 Å². The second-order valence-corrected chi connectivity index (χ2v) is 5.47. The average Bonchev–Trinajstić information content (AvgIpc) is 3.17. The number of anilines is 1. The van der Waals surface area contributed by atoms with Crippen LogP contribution in [-0.2, 0) is 0 Å². The van der Waals surface area contributed by atoms with Crippen molar-refractivity contribution in [2.45, 2.75) is 0 Å². The van der Waals surface area contributed by atoms with Gasteiger partial charge in [-0.05, 0) is 48.5 Å². The molecule has 2 aromatic heterocycles. The number of nitrogens with one attached hydrogen (secondary N) is 1. The number of carbonyl (C=O) groups is 1. The minimum atomic E-state index is -0.146. The first kappa shape index (κ1) is 14.2. The molecule has 0 radical (unpaired) electrons. The van der Waals surface area contributed by atoms with E-state index in [-0.39, 0.29) is 5.91 Å². The van der Waals surface area contributed by atoms with E-state index in [0.29, 0.717) is 11.3 Å². The molecule has 4 aromatic rings. The molecule has 116 valence electrons. The highest BCUT2D eigenvalue weighted by molar-refractivity contribution is 6.08. The Morgan fingerprint density at radius 3 is 2.42 bits per heavy atom. The highest BCUT2D eigenvalue weighted by Crippen LogP contribution is 2.21. The summed E-state index contributed by atoms with van der Waals surface area (Å²) in [7, 11) is 0. The number of nitrogens with zero attached hydrogens (tertiary/aromatic N) is 2. The Bertz CT molecular complexity index is 984. The lowest BCUT2D eigenvalue weighted by molar-refractivity contribution is 0.102. The van der Waals surface area contributed by atoms with Crippen LogP contribution in [0.5, 0.6) is 0 Å². The van der Waals surface area contributed by atoms with Crippen LogP contribution in [0.4, 0.5) is 5.69 Å². The fourth-order valence-electron chi connectivity index (χ4n) is 2.69. The number of benzene rings is 2. The molecular formula is C20H15N3O. The third kappa shape index (κ3) is 2.65. The normalized spacial score (nSPS) is 10.7. The minimum absolute atomic E-state index is 0.146. The van der Waals surface area contributed by atoms with Gasteiger partial charge in [-0.3, -0.25) is 9.78 Å². The molecule has 0 aliphatic carbocycles. The van der Waals surface area contributed by atoms with Gasteiger partial charge in [0.2, 0.25) is 0 Å². The molecule has 0 atom stereocenters. The van der Waals surface area contributed by atoms with Crippen molar-refractivity contribution in [2.75, 3.05) is 5.32 Å². The predicted molar refractivity (Wildman–Crippen MR) is 95.5 cm³/mol. The number of hydrogen-bond donors (Lipinski definition) is 1. The maximum Gasteiger partial charge on any atom is 0.255 e. The topological polar surface area (TPSA) is 46.9 Å². The average molecular weight is 313 g/mol. The third-order valence-corrected chi connectivity index (χ3v) is 3.91. The molecule has 0 unspecified atom stereocenters. The molecule has 2 heterocycles. The molecule has 1 amide bonds. The molecule has 1 N–H and O–H groups in total. The van der Waals surface area contributed by atoms with Crippen molar-refractivity contribution >= 4 is 22.5 Å². The van der Waals surface area contributed by atoms with Crippen LogP contribution < -0.4 is 5.32 Å². The first-order chi connectivity index (χ1) is 11.8. The maximum atomic E-state index is 12.5. The Hall–Kier alpha value is -3.40. The lowest BCUT2D eigenvalue weighted by Crippen LogP contribution is -2.12. The summed E-state index contributed by atoms with van der Waals surface area (Å²) in [4.78, 5) is 16.9. The molecule has 0 saturated heterocycles. The Kier molecular flexibility index (Phi) is 3.56. The zero-order valence-electron chi connectivity index (χ0n) is 12.9. The third-order valence-electron chi connectivity index (χ3n) is 3.91. The summed E-state index contributed by atoms with van der Waals surface area (Å²) in [6.45, 7) is 0. The predicted octanol–water partition coefficient (Wildman–Crippen LogP) is 4.28. The van der Waals surface area contributed by atoms with E-state index < -0.39 is 0 Å². The van der Waals surface area contributed by atoms with Crippen molar-refractivity contribution in [1.82, 2.24) is 9.55 Å². The van der Waals surface area contributed by atoms with Gasteiger partial charge in [-0.15, -0.1) is 0 Å². The molecule has 0 bridgehead atoms. The second kappa shape index (κ2) is 6.01. The van der Waals surface area contributed by atoms with Gasteiger partial charge in [0.1, 0.15) is 0 Å². The van der Waals surface area contributed by atoms with E-state index in [1.54, 1.807) is 6.20 Å². The largest absolute Gasteiger partial charge is 0.324 e. The SMILES string of the molecule is O=C(Nc1cccc2cccnc12)c1ccc(-n2cccc2)cc1. The number of fused-ring (bicyclic) bond motifs is 1. The molecule has 0 saturated carbocycles. The summed E-state index contributed by atoms with van der Waals surface area (Å²) in [6, 6.07) is 21.0. The Balaban J connectivity index is 1.60. The van der Waals surface area contributed by atoms with Gasteiger partial charge < -0.3 is 9.88 Å². The van der Waals surface area contributed by atoms with E-state index in [0.717, 1.165) is 16.6 Å². The van der Waals surface area contributed by atoms with E-state index in [2.05, 4.69) is 10.3 Å². The number of amides is 1. The monoisotopic (exact) mass is 313 g/mol. The van der Waals surface area contributed by atoms with Gasteiger partial charge in [0, 0.05) is 35.2 Å². The Morgan fingerprint density at radius 2 is 1.62 bits per heavy atom. The summed E-state index contributed by atoms with van der Waals surface area (Å²) in [6.07, 6.45) is 5.66. The van der Waals surface area contributed by atoms with Crippen LogP contribution >= 0.6 is 0 Å². The van der Waals surface area contributed by atoms with Gasteiger partial charge in [-0.25, -0.2) is 0 Å². The maximum absolute atomic E-state index is 12.5. The van der Waals surface area contributed by atoms with Crippen molar-refractivity contribution in [2.24, 2.45) is 0 Å². The summed E-state index contributed by atoms with van der Waals surface area (Å²) >= 11 is 0. The molecule has 4 rings (SSSR count). The van der Waals surface area contributed by atoms with Crippen LogP contribution in [0.3, 0.4) is 0 Å². The van der Waals surface area contributed by atoms with E-state index >= 15 is 0 Å². The van der Waals surface area contributed by atoms with E-state index in [1.165, 1.54) is 0 Å². The number of aromatic nitrogens is 2. The molecule has 0 fully saturated rings. The van der Waals surface area contributed by atoms with Crippen LogP contribution in [0.25, 0.3) is 16.6 Å². The van der Waals surface area contributed by atoms with Crippen molar-refractivity contribution in [3.8, 4) is 5.69 Å². The highest BCUT2D eigenvalue weighted by atomic mass is 16.1. The van der Waals surface area contributed by atoms with E-state index in [1.807, 2.05) is 83.7 Å². The first-order valence-electron chi connectivity index (χ1n) is 7.70. The van der Waals surface area contributed by atoms with Gasteiger partial charge in [-0.1, -0.05) is 18.2 Å². The van der Waals surface area contributed by atoms with Gasteiger partial charge in [0.15, 0.2) is 0 Å². The van der Waals surface area contributed by atoms with Crippen molar-refractivity contribution in [3.05, 3.63) is 90.9 Å². The summed E-state index contributed by atoms with van der Waals surface area (Å²) in [5.74, 6) is -0.146. The van der Waals surface area contributed by atoms with E-state index in [9.17, 15) is 4.79 Å². The van der Waals surface area contributed by atoms with Gasteiger partial charge >= 0.3 is 0 Å². The summed E-state index contributed by atoms with van der Waals surface area (Å²) in [5, 5.41) is 3.95. The molecule has 24 heavy (non-hydrogen) atoms. The van der Waals surface area contributed by atoms with Crippen LogP contribution in [0, 0.1) is 0 Å². The number of carbonyl (C=O) groups excluding carboxylic acids is 1. The molecule has 2 aromatic carbocycles. The lowest BCUT2D eigenvalue weighted by atomic mass is 10.1. The summed E-state index contributed by atoms with van der Waals surface area (Å²) in [5.41, 5.74) is 3.13. The summed E-state index contributed by atoms with van der Waals surface area (Å²) < 4.78 is 2.00. The number of rotatable bonds is 3. The quantitative estimate of drug-likeness (QED) is 0.614. The van der Waals surface area contributed by atoms with Crippen LogP contribution in [0.1, 0.15) is 10.4 Å². The first-order valence-corrected chi connectivity index (χ1v) is 7.70. The number of pyridine rings is 1.